The van der Waals surface area contributed by atoms with Crippen LogP contribution in [0.2, 0.25) is 0 Å². The molecule has 2 heterocycles. The smallest absolute Gasteiger partial charge is 0.346 e. The fraction of sp³-hybridized carbons (Fsp3) is 0.381. The van der Waals surface area contributed by atoms with Crippen LogP contribution in [0.3, 0.4) is 0 Å². The first-order chi connectivity index (χ1) is 12.5. The summed E-state index contributed by atoms with van der Waals surface area (Å²) in [6.07, 6.45) is -0.401. The molecule has 0 amide bonds. The van der Waals surface area contributed by atoms with Crippen LogP contribution in [0.25, 0.3) is 0 Å². The van der Waals surface area contributed by atoms with Crippen LogP contribution in [0, 0.1) is 0 Å². The molecule has 2 nitrogen and oxygen atoms in total. The van der Waals surface area contributed by atoms with Gasteiger partial charge in [0, 0.05) is 13.0 Å². The van der Waals surface area contributed by atoms with Crippen molar-refractivity contribution in [2.45, 2.75) is 43.9 Å². The molecule has 2 atom stereocenters. The van der Waals surface area contributed by atoms with E-state index in [-0.39, 0.29) is 12.1 Å². The van der Waals surface area contributed by atoms with Crippen molar-refractivity contribution in [2.24, 2.45) is 4.99 Å². The van der Waals surface area contributed by atoms with Crippen molar-refractivity contribution in [3.8, 4) is 0 Å². The second kappa shape index (κ2) is 6.78. The third-order valence-corrected chi connectivity index (χ3v) is 5.34. The maximum Gasteiger partial charge on any atom is 0.416 e. The van der Waals surface area contributed by atoms with Gasteiger partial charge in [0.05, 0.1) is 23.5 Å². The standard InChI is InChI=1S/C21H21F3N2/c22-21(23,24)17-10-8-16(9-11-17)19-13-12-18(15-5-2-1-3-6-15)26(19)20-7-4-14-25-20/h1-3,5-6,8-11,18-19H,4,7,12-14H2. The molecule has 136 valence electrons. The maximum atomic E-state index is 12.9. The van der Waals surface area contributed by atoms with Gasteiger partial charge in [-0.1, -0.05) is 42.5 Å². The zero-order valence-corrected chi connectivity index (χ0v) is 14.4. The minimum Gasteiger partial charge on any atom is -0.346 e. The number of hydrogen-bond acceptors (Lipinski definition) is 2. The van der Waals surface area contributed by atoms with Crippen molar-refractivity contribution < 1.29 is 13.2 Å². The fourth-order valence-electron chi connectivity index (χ4n) is 4.13. The average Bonchev–Trinajstić information content (AvgIpc) is 3.31. The minimum absolute atomic E-state index is 0.0827. The van der Waals surface area contributed by atoms with E-state index in [9.17, 15) is 13.2 Å². The van der Waals surface area contributed by atoms with Crippen LogP contribution in [0.5, 0.6) is 0 Å². The van der Waals surface area contributed by atoms with E-state index >= 15 is 0 Å². The van der Waals surface area contributed by atoms with Gasteiger partial charge >= 0.3 is 6.18 Å². The van der Waals surface area contributed by atoms with Gasteiger partial charge in [-0.25, -0.2) is 0 Å². The Labute approximate surface area is 151 Å². The molecule has 1 saturated heterocycles. The second-order valence-corrected chi connectivity index (χ2v) is 6.95. The van der Waals surface area contributed by atoms with Crippen LogP contribution in [0.15, 0.2) is 59.6 Å². The molecule has 0 saturated carbocycles. The molecule has 0 N–H and O–H groups in total. The van der Waals surface area contributed by atoms with E-state index in [1.165, 1.54) is 17.7 Å². The predicted molar refractivity (Wildman–Crippen MR) is 96.0 cm³/mol. The van der Waals surface area contributed by atoms with Gasteiger partial charge in [0.1, 0.15) is 0 Å². The van der Waals surface area contributed by atoms with E-state index < -0.39 is 11.7 Å². The first kappa shape index (κ1) is 17.1. The Kier molecular flexibility index (Phi) is 4.47. The largest absolute Gasteiger partial charge is 0.416 e. The van der Waals surface area contributed by atoms with Crippen molar-refractivity contribution in [1.29, 1.82) is 0 Å². The Bertz CT molecular complexity index is 781. The van der Waals surface area contributed by atoms with Gasteiger partial charge in [-0.3, -0.25) is 4.99 Å². The highest BCUT2D eigenvalue weighted by Crippen LogP contribution is 2.45. The summed E-state index contributed by atoms with van der Waals surface area (Å²) in [6.45, 7) is 0.840. The molecule has 0 aliphatic carbocycles. The van der Waals surface area contributed by atoms with Gasteiger partial charge in [-0.2, -0.15) is 13.2 Å². The number of aliphatic imine (C=N–C) groups is 1. The molecular weight excluding hydrogens is 337 g/mol. The monoisotopic (exact) mass is 358 g/mol. The summed E-state index contributed by atoms with van der Waals surface area (Å²) in [5.41, 5.74) is 1.59. The van der Waals surface area contributed by atoms with Crippen LogP contribution < -0.4 is 0 Å². The summed E-state index contributed by atoms with van der Waals surface area (Å²) >= 11 is 0. The van der Waals surface area contributed by atoms with Crippen LogP contribution in [-0.2, 0) is 6.18 Å². The first-order valence-electron chi connectivity index (χ1n) is 9.08. The Morgan fingerprint density at radius 2 is 1.46 bits per heavy atom. The molecular formula is C21H21F3N2. The fourth-order valence-corrected chi connectivity index (χ4v) is 4.13. The zero-order valence-electron chi connectivity index (χ0n) is 14.4. The van der Waals surface area contributed by atoms with Crippen molar-refractivity contribution in [1.82, 2.24) is 4.90 Å². The molecule has 2 unspecified atom stereocenters. The minimum atomic E-state index is -4.30. The van der Waals surface area contributed by atoms with Gasteiger partial charge in [0.2, 0.25) is 0 Å². The van der Waals surface area contributed by atoms with Crippen molar-refractivity contribution in [3.63, 3.8) is 0 Å². The van der Waals surface area contributed by atoms with E-state index in [1.54, 1.807) is 12.1 Å². The summed E-state index contributed by atoms with van der Waals surface area (Å²) in [4.78, 5) is 7.04. The number of benzene rings is 2. The summed E-state index contributed by atoms with van der Waals surface area (Å²) in [6, 6.07) is 16.3. The number of likely N-dealkylation sites (tertiary alicyclic amines) is 1. The number of hydrogen-bond donors (Lipinski definition) is 0. The van der Waals surface area contributed by atoms with Gasteiger partial charge in [-0.15, -0.1) is 0 Å². The predicted octanol–water partition coefficient (Wildman–Crippen LogP) is 5.78. The number of amidine groups is 1. The molecule has 2 aliphatic rings. The molecule has 0 aromatic heterocycles. The van der Waals surface area contributed by atoms with Crippen molar-refractivity contribution in [2.75, 3.05) is 6.54 Å². The summed E-state index contributed by atoms with van der Waals surface area (Å²) < 4.78 is 38.6. The molecule has 5 heteroatoms. The summed E-state index contributed by atoms with van der Waals surface area (Å²) in [7, 11) is 0. The third-order valence-electron chi connectivity index (χ3n) is 5.34. The third kappa shape index (κ3) is 3.22. The van der Waals surface area contributed by atoms with Crippen LogP contribution in [-0.4, -0.2) is 17.3 Å². The highest BCUT2D eigenvalue weighted by atomic mass is 19.4. The number of alkyl halides is 3. The molecule has 1 fully saturated rings. The molecule has 26 heavy (non-hydrogen) atoms. The van der Waals surface area contributed by atoms with Gasteiger partial charge in [-0.05, 0) is 42.5 Å². The van der Waals surface area contributed by atoms with Crippen LogP contribution in [0.4, 0.5) is 13.2 Å². The lowest BCUT2D eigenvalue weighted by Gasteiger charge is -2.33. The Morgan fingerprint density at radius 3 is 2.00 bits per heavy atom. The van der Waals surface area contributed by atoms with Crippen LogP contribution >= 0.6 is 0 Å². The van der Waals surface area contributed by atoms with Gasteiger partial charge in [0.25, 0.3) is 0 Å². The van der Waals surface area contributed by atoms with E-state index in [2.05, 4.69) is 22.0 Å². The Hall–Kier alpha value is -2.30. The zero-order chi connectivity index (χ0) is 18.1. The normalized spacial score (nSPS) is 23.3. The highest BCUT2D eigenvalue weighted by molar-refractivity contribution is 5.85. The second-order valence-electron chi connectivity index (χ2n) is 6.95. The molecule has 2 aliphatic heterocycles. The lowest BCUT2D eigenvalue weighted by molar-refractivity contribution is -0.137. The number of rotatable bonds is 2. The SMILES string of the molecule is FC(F)(F)c1ccc(C2CCC(c3ccccc3)N2C2=NCCC2)cc1. The van der Waals surface area contributed by atoms with E-state index in [4.69, 9.17) is 0 Å². The van der Waals surface area contributed by atoms with E-state index in [1.807, 2.05) is 18.2 Å². The number of halogens is 3. The molecule has 0 bridgehead atoms. The lowest BCUT2D eigenvalue weighted by Crippen LogP contribution is -2.31. The lowest BCUT2D eigenvalue weighted by atomic mass is 10.0. The van der Waals surface area contributed by atoms with Gasteiger partial charge < -0.3 is 4.90 Å². The average molecular weight is 358 g/mol. The van der Waals surface area contributed by atoms with Crippen molar-refractivity contribution in [3.05, 3.63) is 71.3 Å². The summed E-state index contributed by atoms with van der Waals surface area (Å²) in [5, 5.41) is 0. The highest BCUT2D eigenvalue weighted by Gasteiger charge is 2.38. The van der Waals surface area contributed by atoms with Crippen molar-refractivity contribution >= 4 is 5.84 Å². The maximum absolute atomic E-state index is 12.9. The quantitative estimate of drug-likeness (QED) is 0.665. The molecule has 2 aromatic carbocycles. The summed E-state index contributed by atoms with van der Waals surface area (Å²) in [5.74, 6) is 1.10. The Morgan fingerprint density at radius 1 is 0.846 bits per heavy atom. The Balaban J connectivity index is 1.67. The molecule has 4 rings (SSSR count). The molecule has 2 aromatic rings. The first-order valence-corrected chi connectivity index (χ1v) is 9.08. The van der Waals surface area contributed by atoms with Gasteiger partial charge in [0.15, 0.2) is 0 Å². The molecule has 0 radical (unpaired) electrons. The van der Waals surface area contributed by atoms with Crippen LogP contribution in [0.1, 0.15) is 54.5 Å². The molecule has 0 spiro atoms. The topological polar surface area (TPSA) is 15.6 Å². The van der Waals surface area contributed by atoms with E-state index in [0.717, 1.165) is 43.6 Å². The number of nitrogens with zero attached hydrogens (tertiary/aromatic N) is 2. The van der Waals surface area contributed by atoms with E-state index in [0.29, 0.717) is 0 Å².